The number of amides is 1. The van der Waals surface area contributed by atoms with Crippen LogP contribution in [-0.4, -0.2) is 10.9 Å². The topological polar surface area (TPSA) is 42.0 Å². The Bertz CT molecular complexity index is 319. The number of hydrogen-bond donors (Lipinski definition) is 1. The van der Waals surface area contributed by atoms with E-state index in [-0.39, 0.29) is 11.9 Å². The number of nitrogens with zero attached hydrogens (tertiary/aromatic N) is 1. The molecule has 0 fully saturated rings. The third-order valence-corrected chi connectivity index (χ3v) is 2.58. The molecule has 1 aromatic heterocycles. The van der Waals surface area contributed by atoms with Crippen LogP contribution in [0.2, 0.25) is 0 Å². The summed E-state index contributed by atoms with van der Waals surface area (Å²) >= 11 is 1.53. The molecule has 1 atom stereocenters. The number of aromatic nitrogens is 1. The Hall–Kier alpha value is -1.16. The first-order valence-electron chi connectivity index (χ1n) is 3.98. The van der Waals surface area contributed by atoms with Crippen molar-refractivity contribution in [3.8, 4) is 0 Å². The molecule has 0 aliphatic rings. The highest BCUT2D eigenvalue weighted by molar-refractivity contribution is 7.09. The molecule has 0 spiro atoms. The Balaban J connectivity index is 2.70. The summed E-state index contributed by atoms with van der Waals surface area (Å²) in [6, 6.07) is -0.0174. The molecule has 0 aliphatic carbocycles. The third-order valence-electron chi connectivity index (χ3n) is 1.54. The van der Waals surface area contributed by atoms with Crippen LogP contribution in [0.15, 0.2) is 12.0 Å². The van der Waals surface area contributed by atoms with E-state index in [0.717, 1.165) is 10.7 Å². The van der Waals surface area contributed by atoms with Gasteiger partial charge in [-0.05, 0) is 13.0 Å². The second kappa shape index (κ2) is 4.18. The van der Waals surface area contributed by atoms with E-state index in [1.165, 1.54) is 18.3 Å². The van der Waals surface area contributed by atoms with E-state index in [1.807, 2.05) is 12.3 Å². The van der Waals surface area contributed by atoms with Crippen LogP contribution < -0.4 is 5.32 Å². The van der Waals surface area contributed by atoms with Gasteiger partial charge in [0.1, 0.15) is 5.01 Å². The first-order valence-corrected chi connectivity index (χ1v) is 4.86. The van der Waals surface area contributed by atoms with E-state index < -0.39 is 0 Å². The van der Waals surface area contributed by atoms with Crippen molar-refractivity contribution in [3.63, 3.8) is 0 Å². The Morgan fingerprint density at radius 3 is 3.00 bits per heavy atom. The zero-order chi connectivity index (χ0) is 9.84. The highest BCUT2D eigenvalue weighted by Gasteiger charge is 2.09. The van der Waals surface area contributed by atoms with Crippen LogP contribution in [0.1, 0.15) is 30.6 Å². The molecule has 0 bridgehead atoms. The normalized spacial score (nSPS) is 12.2. The minimum atomic E-state index is -0.0390. The molecule has 70 valence electrons. The molecule has 1 amide bonds. The highest BCUT2D eigenvalue weighted by atomic mass is 32.1. The average Bonchev–Trinajstić information content (AvgIpc) is 2.50. The summed E-state index contributed by atoms with van der Waals surface area (Å²) in [5.74, 6) is -0.0390. The summed E-state index contributed by atoms with van der Waals surface area (Å²) in [6.45, 7) is 7.03. The smallest absolute Gasteiger partial charge is 0.217 e. The van der Waals surface area contributed by atoms with Gasteiger partial charge in [-0.25, -0.2) is 4.98 Å². The highest BCUT2D eigenvalue weighted by Crippen LogP contribution is 2.18. The van der Waals surface area contributed by atoms with Crippen LogP contribution >= 0.6 is 11.3 Å². The van der Waals surface area contributed by atoms with Gasteiger partial charge in [-0.1, -0.05) is 6.58 Å². The van der Waals surface area contributed by atoms with Crippen LogP contribution in [0.5, 0.6) is 0 Å². The molecule has 1 heterocycles. The van der Waals surface area contributed by atoms with Gasteiger partial charge in [0.15, 0.2) is 0 Å². The Kier molecular flexibility index (Phi) is 3.19. The minimum absolute atomic E-state index is 0.0174. The lowest BCUT2D eigenvalue weighted by molar-refractivity contribution is -0.119. The zero-order valence-electron chi connectivity index (χ0n) is 7.70. The average molecular weight is 196 g/mol. The molecular weight excluding hydrogens is 184 g/mol. The molecule has 0 saturated carbocycles. The van der Waals surface area contributed by atoms with Crippen LogP contribution in [0.3, 0.4) is 0 Å². The lowest BCUT2D eigenvalue weighted by Crippen LogP contribution is -2.23. The third kappa shape index (κ3) is 2.66. The quantitative estimate of drug-likeness (QED) is 0.803. The largest absolute Gasteiger partial charge is 0.347 e. The lowest BCUT2D eigenvalue weighted by atomic mass is 10.3. The predicted octanol–water partition coefficient (Wildman–Crippen LogP) is 1.98. The summed E-state index contributed by atoms with van der Waals surface area (Å²) in [5.41, 5.74) is 0.859. The van der Waals surface area contributed by atoms with Crippen molar-refractivity contribution in [3.05, 3.63) is 22.7 Å². The van der Waals surface area contributed by atoms with Crippen LogP contribution in [0.4, 0.5) is 0 Å². The molecular formula is C9H12N2OS. The monoisotopic (exact) mass is 196 g/mol. The van der Waals surface area contributed by atoms with Gasteiger partial charge in [0, 0.05) is 12.3 Å². The summed E-state index contributed by atoms with van der Waals surface area (Å²) in [7, 11) is 0. The van der Waals surface area contributed by atoms with Crippen LogP contribution in [0.25, 0.3) is 6.08 Å². The van der Waals surface area contributed by atoms with Gasteiger partial charge in [-0.15, -0.1) is 11.3 Å². The molecule has 1 rings (SSSR count). The number of hydrogen-bond acceptors (Lipinski definition) is 3. The predicted molar refractivity (Wildman–Crippen MR) is 54.4 cm³/mol. The number of thiazole rings is 1. The van der Waals surface area contributed by atoms with E-state index in [1.54, 1.807) is 6.08 Å². The molecule has 13 heavy (non-hydrogen) atoms. The van der Waals surface area contributed by atoms with Gasteiger partial charge in [-0.3, -0.25) is 4.79 Å². The molecule has 0 saturated heterocycles. The Morgan fingerprint density at radius 2 is 2.54 bits per heavy atom. The van der Waals surface area contributed by atoms with Gasteiger partial charge in [0.05, 0.1) is 11.7 Å². The van der Waals surface area contributed by atoms with Crippen molar-refractivity contribution in [1.82, 2.24) is 10.3 Å². The van der Waals surface area contributed by atoms with Gasteiger partial charge in [-0.2, -0.15) is 0 Å². The van der Waals surface area contributed by atoms with Crippen LogP contribution in [0, 0.1) is 0 Å². The van der Waals surface area contributed by atoms with E-state index in [4.69, 9.17) is 0 Å². The molecule has 0 aliphatic heterocycles. The summed E-state index contributed by atoms with van der Waals surface area (Å²) in [4.78, 5) is 15.0. The SMILES string of the molecule is C=Cc1csc(C(C)NC(C)=O)n1. The standard InChI is InChI=1S/C9H12N2OS/c1-4-8-5-13-9(11-8)6(2)10-7(3)12/h4-6H,1H2,2-3H3,(H,10,12). The molecule has 0 aromatic carbocycles. The molecule has 4 heteroatoms. The van der Waals surface area contributed by atoms with Crippen LogP contribution in [-0.2, 0) is 4.79 Å². The van der Waals surface area contributed by atoms with Crippen molar-refractivity contribution in [2.75, 3.05) is 0 Å². The van der Waals surface area contributed by atoms with Crippen molar-refractivity contribution in [2.24, 2.45) is 0 Å². The zero-order valence-corrected chi connectivity index (χ0v) is 8.52. The molecule has 1 aromatic rings. The van der Waals surface area contributed by atoms with Gasteiger partial charge >= 0.3 is 0 Å². The van der Waals surface area contributed by atoms with Crippen molar-refractivity contribution >= 4 is 23.3 Å². The molecule has 1 N–H and O–H groups in total. The van der Waals surface area contributed by atoms with E-state index in [2.05, 4.69) is 16.9 Å². The van der Waals surface area contributed by atoms with Gasteiger partial charge in [0.2, 0.25) is 5.91 Å². The number of carbonyl (C=O) groups is 1. The fourth-order valence-electron chi connectivity index (χ4n) is 0.960. The van der Waals surface area contributed by atoms with Crippen molar-refractivity contribution < 1.29 is 4.79 Å². The van der Waals surface area contributed by atoms with Gasteiger partial charge in [0.25, 0.3) is 0 Å². The summed E-state index contributed by atoms with van der Waals surface area (Å²) in [6.07, 6.45) is 1.69. The first kappa shape index (κ1) is 9.92. The maximum Gasteiger partial charge on any atom is 0.217 e. The minimum Gasteiger partial charge on any atom is -0.347 e. The van der Waals surface area contributed by atoms with Crippen molar-refractivity contribution in [1.29, 1.82) is 0 Å². The summed E-state index contributed by atoms with van der Waals surface area (Å²) in [5, 5.41) is 5.60. The van der Waals surface area contributed by atoms with Gasteiger partial charge < -0.3 is 5.32 Å². The molecule has 1 unspecified atom stereocenters. The lowest BCUT2D eigenvalue weighted by Gasteiger charge is -2.07. The number of nitrogens with one attached hydrogen (secondary N) is 1. The van der Waals surface area contributed by atoms with E-state index >= 15 is 0 Å². The second-order valence-corrected chi connectivity index (χ2v) is 3.63. The second-order valence-electron chi connectivity index (χ2n) is 2.74. The Labute approximate surface area is 81.5 Å². The number of rotatable bonds is 3. The fraction of sp³-hybridized carbons (Fsp3) is 0.333. The van der Waals surface area contributed by atoms with E-state index in [9.17, 15) is 4.79 Å². The summed E-state index contributed by atoms with van der Waals surface area (Å²) < 4.78 is 0. The van der Waals surface area contributed by atoms with Crippen molar-refractivity contribution in [2.45, 2.75) is 19.9 Å². The number of carbonyl (C=O) groups excluding carboxylic acids is 1. The maximum atomic E-state index is 10.7. The van der Waals surface area contributed by atoms with E-state index in [0.29, 0.717) is 0 Å². The molecule has 3 nitrogen and oxygen atoms in total. The fourth-order valence-corrected chi connectivity index (χ4v) is 1.77. The first-order chi connectivity index (χ1) is 6.13. The molecule has 0 radical (unpaired) electrons. The Morgan fingerprint density at radius 1 is 1.85 bits per heavy atom. The maximum absolute atomic E-state index is 10.7.